The average Bonchev–Trinajstić information content (AvgIpc) is 3.22. The van der Waals surface area contributed by atoms with Gasteiger partial charge >= 0.3 is 0 Å². The molecular weight excluding hydrogens is 465 g/mol. The lowest BCUT2D eigenvalue weighted by Gasteiger charge is -2.39. The molecule has 0 spiro atoms. The number of halogens is 1. The summed E-state index contributed by atoms with van der Waals surface area (Å²) in [5.74, 6) is 2.55. The molecule has 1 saturated heterocycles. The molecule has 1 aromatic carbocycles. The molecule has 2 unspecified atom stereocenters. The summed E-state index contributed by atoms with van der Waals surface area (Å²) in [6.07, 6.45) is 7.92. The first-order valence-corrected chi connectivity index (χ1v) is 9.85. The summed E-state index contributed by atoms with van der Waals surface area (Å²) in [6, 6.07) is 8.65. The van der Waals surface area contributed by atoms with E-state index in [1.165, 1.54) is 5.56 Å². The molecule has 2 atom stereocenters. The van der Waals surface area contributed by atoms with Crippen LogP contribution in [0.1, 0.15) is 31.9 Å². The normalized spacial score (nSPS) is 19.8. The summed E-state index contributed by atoms with van der Waals surface area (Å²) < 4.78 is 7.54. The van der Waals surface area contributed by atoms with Gasteiger partial charge in [0.05, 0.1) is 19.5 Å². The van der Waals surface area contributed by atoms with Crippen LogP contribution in [-0.2, 0) is 6.42 Å². The Morgan fingerprint density at radius 1 is 1.39 bits per heavy atom. The van der Waals surface area contributed by atoms with Gasteiger partial charge in [0.2, 0.25) is 0 Å². The molecule has 1 aromatic heterocycles. The van der Waals surface area contributed by atoms with Crippen LogP contribution in [0.4, 0.5) is 0 Å². The number of benzene rings is 1. The largest absolute Gasteiger partial charge is 0.497 e. The van der Waals surface area contributed by atoms with Gasteiger partial charge in [-0.15, -0.1) is 24.0 Å². The predicted molar refractivity (Wildman–Crippen MR) is 125 cm³/mol. The smallest absolute Gasteiger partial charge is 0.193 e. The van der Waals surface area contributed by atoms with E-state index in [1.54, 1.807) is 7.11 Å². The molecule has 6 nitrogen and oxygen atoms in total. The zero-order valence-electron chi connectivity index (χ0n) is 17.0. The van der Waals surface area contributed by atoms with Gasteiger partial charge in [-0.1, -0.05) is 19.1 Å². The maximum absolute atomic E-state index is 5.31. The first-order valence-electron chi connectivity index (χ1n) is 9.85. The van der Waals surface area contributed by atoms with Gasteiger partial charge in [0.15, 0.2) is 5.96 Å². The van der Waals surface area contributed by atoms with E-state index >= 15 is 0 Å². The molecule has 1 N–H and O–H groups in total. The number of nitrogens with one attached hydrogen (secondary N) is 1. The number of hydrogen-bond acceptors (Lipinski definition) is 3. The zero-order chi connectivity index (χ0) is 19.1. The molecule has 154 valence electrons. The monoisotopic (exact) mass is 497 g/mol. The van der Waals surface area contributed by atoms with Crippen molar-refractivity contribution in [2.75, 3.05) is 33.3 Å². The van der Waals surface area contributed by atoms with Gasteiger partial charge in [-0.05, 0) is 43.4 Å². The van der Waals surface area contributed by atoms with Crippen molar-refractivity contribution < 1.29 is 4.74 Å². The molecule has 1 aliphatic rings. The fraction of sp³-hybridized carbons (Fsp3) is 0.524. The van der Waals surface area contributed by atoms with E-state index in [9.17, 15) is 0 Å². The Morgan fingerprint density at radius 2 is 2.25 bits per heavy atom. The molecule has 2 heterocycles. The Hall–Kier alpha value is -1.77. The van der Waals surface area contributed by atoms with E-state index in [0.29, 0.717) is 12.0 Å². The van der Waals surface area contributed by atoms with Gasteiger partial charge in [-0.25, -0.2) is 4.98 Å². The van der Waals surface area contributed by atoms with Crippen LogP contribution in [0.3, 0.4) is 0 Å². The van der Waals surface area contributed by atoms with Gasteiger partial charge in [0.1, 0.15) is 5.75 Å². The molecule has 1 aliphatic heterocycles. The minimum absolute atomic E-state index is 0. The number of methoxy groups -OCH3 is 1. The van der Waals surface area contributed by atoms with Crippen molar-refractivity contribution in [3.63, 3.8) is 0 Å². The van der Waals surface area contributed by atoms with Crippen molar-refractivity contribution in [3.8, 4) is 5.75 Å². The van der Waals surface area contributed by atoms with Crippen molar-refractivity contribution in [2.45, 2.75) is 32.7 Å². The third-order valence-corrected chi connectivity index (χ3v) is 5.26. The van der Waals surface area contributed by atoms with Crippen molar-refractivity contribution in [1.82, 2.24) is 19.8 Å². The molecule has 0 bridgehead atoms. The molecule has 3 rings (SSSR count). The number of nitrogens with zero attached hydrogens (tertiary/aromatic N) is 4. The number of hydrogen-bond donors (Lipinski definition) is 1. The maximum atomic E-state index is 5.31. The SMILES string of the molecule is CCNC(=NCCc1cccc(OC)c1)N1CCC(C)C(n2ccnc2)C1.I. The quantitative estimate of drug-likeness (QED) is 0.377. The molecular formula is C21H32IN5O. The minimum Gasteiger partial charge on any atom is -0.497 e. The predicted octanol–water partition coefficient (Wildman–Crippen LogP) is 3.60. The highest BCUT2D eigenvalue weighted by Gasteiger charge is 2.28. The second-order valence-corrected chi connectivity index (χ2v) is 7.13. The molecule has 0 radical (unpaired) electrons. The Bertz CT molecular complexity index is 734. The zero-order valence-corrected chi connectivity index (χ0v) is 19.4. The lowest BCUT2D eigenvalue weighted by atomic mass is 9.93. The third-order valence-electron chi connectivity index (χ3n) is 5.26. The lowest BCUT2D eigenvalue weighted by Crippen LogP contribution is -2.49. The number of aliphatic imine (C=N–C) groups is 1. The number of rotatable bonds is 6. The van der Waals surface area contributed by atoms with Crippen LogP contribution >= 0.6 is 24.0 Å². The number of aromatic nitrogens is 2. The number of imidazole rings is 1. The van der Waals surface area contributed by atoms with Gasteiger partial charge in [-0.2, -0.15) is 0 Å². The maximum Gasteiger partial charge on any atom is 0.193 e. The molecule has 2 aromatic rings. The highest BCUT2D eigenvalue weighted by atomic mass is 127. The van der Waals surface area contributed by atoms with Crippen LogP contribution in [0, 0.1) is 5.92 Å². The van der Waals surface area contributed by atoms with Gasteiger partial charge in [0.25, 0.3) is 0 Å². The molecule has 0 amide bonds. The van der Waals surface area contributed by atoms with E-state index in [4.69, 9.17) is 9.73 Å². The number of ether oxygens (including phenoxy) is 1. The Kier molecular flexibility index (Phi) is 9.08. The first kappa shape index (κ1) is 22.5. The van der Waals surface area contributed by atoms with Crippen LogP contribution in [0.15, 0.2) is 48.0 Å². The molecule has 7 heteroatoms. The Labute approximate surface area is 185 Å². The van der Waals surface area contributed by atoms with E-state index in [0.717, 1.165) is 50.7 Å². The van der Waals surface area contributed by atoms with Crippen LogP contribution in [-0.4, -0.2) is 53.7 Å². The Morgan fingerprint density at radius 3 is 2.96 bits per heavy atom. The first-order chi connectivity index (χ1) is 13.2. The highest BCUT2D eigenvalue weighted by Crippen LogP contribution is 2.27. The summed E-state index contributed by atoms with van der Waals surface area (Å²) in [6.45, 7) is 8.09. The van der Waals surface area contributed by atoms with Crippen LogP contribution in [0.2, 0.25) is 0 Å². The van der Waals surface area contributed by atoms with E-state index in [1.807, 2.05) is 24.7 Å². The van der Waals surface area contributed by atoms with Gasteiger partial charge < -0.3 is 19.5 Å². The number of piperidine rings is 1. The van der Waals surface area contributed by atoms with E-state index in [-0.39, 0.29) is 24.0 Å². The molecule has 28 heavy (non-hydrogen) atoms. The molecule has 1 fully saturated rings. The molecule has 0 aliphatic carbocycles. The van der Waals surface area contributed by atoms with Crippen LogP contribution in [0.25, 0.3) is 0 Å². The van der Waals surface area contributed by atoms with Crippen LogP contribution < -0.4 is 10.1 Å². The second kappa shape index (κ2) is 11.3. The summed E-state index contributed by atoms with van der Waals surface area (Å²) >= 11 is 0. The van der Waals surface area contributed by atoms with Crippen molar-refractivity contribution in [3.05, 3.63) is 48.5 Å². The van der Waals surface area contributed by atoms with Crippen LogP contribution in [0.5, 0.6) is 5.75 Å². The summed E-state index contributed by atoms with van der Waals surface area (Å²) in [4.78, 5) is 11.5. The van der Waals surface area contributed by atoms with Crippen molar-refractivity contribution >= 4 is 29.9 Å². The standard InChI is InChI=1S/C21H31N5O.HI/c1-4-23-21(24-10-8-18-6-5-7-19(14-18)27-3)25-12-9-17(2)20(15-25)26-13-11-22-16-26;/h5-7,11,13-14,16-17,20H,4,8-10,12,15H2,1-3H3,(H,23,24);1H. The van der Waals surface area contributed by atoms with E-state index < -0.39 is 0 Å². The Balaban J connectivity index is 0.00000280. The second-order valence-electron chi connectivity index (χ2n) is 7.13. The van der Waals surface area contributed by atoms with Crippen molar-refractivity contribution in [2.24, 2.45) is 10.9 Å². The fourth-order valence-electron chi connectivity index (χ4n) is 3.64. The fourth-order valence-corrected chi connectivity index (χ4v) is 3.64. The summed E-state index contributed by atoms with van der Waals surface area (Å²) in [5, 5.41) is 3.47. The number of guanidine groups is 1. The van der Waals surface area contributed by atoms with E-state index in [2.05, 4.69) is 51.9 Å². The molecule has 0 saturated carbocycles. The number of likely N-dealkylation sites (tertiary alicyclic amines) is 1. The van der Waals surface area contributed by atoms with Crippen molar-refractivity contribution in [1.29, 1.82) is 0 Å². The average molecular weight is 497 g/mol. The minimum atomic E-state index is 0. The summed E-state index contributed by atoms with van der Waals surface area (Å²) in [5.41, 5.74) is 1.25. The summed E-state index contributed by atoms with van der Waals surface area (Å²) in [7, 11) is 1.70. The third kappa shape index (κ3) is 5.86. The highest BCUT2D eigenvalue weighted by molar-refractivity contribution is 14.0. The van der Waals surface area contributed by atoms with Gasteiger partial charge in [0, 0.05) is 38.6 Å². The van der Waals surface area contributed by atoms with Gasteiger partial charge in [-0.3, -0.25) is 4.99 Å². The lowest BCUT2D eigenvalue weighted by molar-refractivity contribution is 0.189. The topological polar surface area (TPSA) is 54.7 Å².